The minimum atomic E-state index is -5.07. The maximum absolute atomic E-state index is 12.6. The summed E-state index contributed by atoms with van der Waals surface area (Å²) in [6.45, 7) is 0. The molecule has 0 fully saturated rings. The molecule has 1 aromatic rings. The number of rotatable bonds is 3. The average Bonchev–Trinajstić information content (AvgIpc) is 2.25. The number of benzene rings is 1. The second-order valence-corrected chi connectivity index (χ2v) is 3.53. The Hall–Kier alpha value is -2.10. The Morgan fingerprint density at radius 3 is 2.11 bits per heavy atom. The maximum atomic E-state index is 12.6. The van der Waals surface area contributed by atoms with Gasteiger partial charge >= 0.3 is 17.6 Å². The van der Waals surface area contributed by atoms with Crippen molar-refractivity contribution in [3.05, 3.63) is 36.9 Å². The van der Waals surface area contributed by atoms with E-state index in [0.717, 1.165) is 7.11 Å². The van der Waals surface area contributed by atoms with Gasteiger partial charge in [0.05, 0.1) is 22.5 Å². The molecule has 0 saturated carbocycles. The van der Waals surface area contributed by atoms with Gasteiger partial charge in [0.15, 0.2) is 0 Å². The Kier molecular flexibility index (Phi) is 3.84. The van der Waals surface area contributed by atoms with Crippen LogP contribution in [0.5, 0.6) is 5.75 Å². The molecule has 0 aromatic heterocycles. The summed E-state index contributed by atoms with van der Waals surface area (Å²) in [4.78, 5) is 18.8. The number of hydrogen-bond donors (Lipinski definition) is 0. The normalized spacial score (nSPS) is 11.2. The molecule has 0 atom stereocenters. The number of alkyl halides is 3. The zero-order valence-electron chi connectivity index (χ0n) is 9.02. The molecular formula is C8H4ClF3N2O5. The Bertz CT molecular complexity index is 560. The summed E-state index contributed by atoms with van der Waals surface area (Å²) in [6, 6.07) is 0.0914. The van der Waals surface area contributed by atoms with Gasteiger partial charge in [0.1, 0.15) is 5.02 Å². The van der Waals surface area contributed by atoms with Gasteiger partial charge in [0.25, 0.3) is 5.75 Å². The Morgan fingerprint density at radius 2 is 1.79 bits per heavy atom. The van der Waals surface area contributed by atoms with Crippen molar-refractivity contribution in [3.63, 3.8) is 0 Å². The molecule has 0 saturated heterocycles. The predicted octanol–water partition coefficient (Wildman–Crippen LogP) is 3.18. The summed E-state index contributed by atoms with van der Waals surface area (Å²) in [7, 11) is 0.846. The van der Waals surface area contributed by atoms with E-state index in [9.17, 15) is 33.4 Å². The number of ether oxygens (including phenoxy) is 1. The zero-order valence-corrected chi connectivity index (χ0v) is 9.78. The standard InChI is InChI=1S/C8H4ClF3N2O5/c1-19-7-4(13(15)16)2-3(8(10,11)12)5(9)6(7)14(17)18/h2H,1H3. The molecule has 0 aliphatic heterocycles. The molecule has 0 bridgehead atoms. The molecule has 0 unspecified atom stereocenters. The topological polar surface area (TPSA) is 95.5 Å². The largest absolute Gasteiger partial charge is 0.485 e. The number of nitro benzene ring substituents is 2. The van der Waals surface area contributed by atoms with Crippen LogP contribution >= 0.6 is 11.6 Å². The molecule has 1 rings (SSSR count). The first kappa shape index (κ1) is 15.0. The van der Waals surface area contributed by atoms with Crippen LogP contribution in [0.15, 0.2) is 6.07 Å². The van der Waals surface area contributed by atoms with Crippen molar-refractivity contribution in [2.45, 2.75) is 6.18 Å². The summed E-state index contributed by atoms with van der Waals surface area (Å²) < 4.78 is 42.2. The zero-order chi connectivity index (χ0) is 15.0. The summed E-state index contributed by atoms with van der Waals surface area (Å²) in [6.07, 6.45) is -5.07. The number of hydrogen-bond acceptors (Lipinski definition) is 5. The van der Waals surface area contributed by atoms with Gasteiger partial charge in [-0.15, -0.1) is 0 Å². The van der Waals surface area contributed by atoms with Crippen LogP contribution in [0.2, 0.25) is 5.02 Å². The predicted molar refractivity (Wildman–Crippen MR) is 56.3 cm³/mol. The minimum Gasteiger partial charge on any atom is -0.485 e. The van der Waals surface area contributed by atoms with Gasteiger partial charge in [-0.3, -0.25) is 20.2 Å². The van der Waals surface area contributed by atoms with E-state index in [1.807, 2.05) is 0 Å². The highest BCUT2D eigenvalue weighted by molar-refractivity contribution is 6.34. The minimum absolute atomic E-state index is 0.0914. The van der Waals surface area contributed by atoms with Crippen LogP contribution in [0.4, 0.5) is 24.5 Å². The van der Waals surface area contributed by atoms with E-state index in [0.29, 0.717) is 0 Å². The number of nitro groups is 2. The molecule has 0 spiro atoms. The van der Waals surface area contributed by atoms with E-state index in [4.69, 9.17) is 11.6 Å². The summed E-state index contributed by atoms with van der Waals surface area (Å²) >= 11 is 5.28. The van der Waals surface area contributed by atoms with Gasteiger partial charge in [-0.25, -0.2) is 0 Å². The third-order valence-corrected chi connectivity index (χ3v) is 2.44. The Morgan fingerprint density at radius 1 is 1.26 bits per heavy atom. The molecule has 7 nitrogen and oxygen atoms in total. The first-order valence-electron chi connectivity index (χ1n) is 4.37. The lowest BCUT2D eigenvalue weighted by molar-refractivity contribution is -0.396. The van der Waals surface area contributed by atoms with E-state index >= 15 is 0 Å². The first-order valence-corrected chi connectivity index (χ1v) is 4.75. The van der Waals surface area contributed by atoms with E-state index in [1.54, 1.807) is 0 Å². The van der Waals surface area contributed by atoms with Gasteiger partial charge in [0, 0.05) is 6.07 Å². The summed E-state index contributed by atoms with van der Waals surface area (Å²) in [5.41, 5.74) is -4.16. The number of halogens is 4. The van der Waals surface area contributed by atoms with Crippen LogP contribution < -0.4 is 4.74 Å². The number of nitrogens with zero attached hydrogens (tertiary/aromatic N) is 2. The summed E-state index contributed by atoms with van der Waals surface area (Å²) in [5, 5.41) is 20.1. The smallest absolute Gasteiger partial charge is 0.418 e. The van der Waals surface area contributed by atoms with Crippen LogP contribution in [0, 0.1) is 20.2 Å². The number of methoxy groups -OCH3 is 1. The third-order valence-electron chi connectivity index (χ3n) is 2.06. The fourth-order valence-corrected chi connectivity index (χ4v) is 1.64. The van der Waals surface area contributed by atoms with Gasteiger partial charge in [-0.1, -0.05) is 11.6 Å². The van der Waals surface area contributed by atoms with Crippen molar-refractivity contribution in [1.29, 1.82) is 0 Å². The van der Waals surface area contributed by atoms with Gasteiger partial charge < -0.3 is 4.74 Å². The van der Waals surface area contributed by atoms with Gasteiger partial charge in [-0.2, -0.15) is 13.2 Å². The highest BCUT2D eigenvalue weighted by Crippen LogP contribution is 2.48. The lowest BCUT2D eigenvalue weighted by Gasteiger charge is -2.11. The van der Waals surface area contributed by atoms with Crippen molar-refractivity contribution < 1.29 is 27.8 Å². The lowest BCUT2D eigenvalue weighted by atomic mass is 10.1. The van der Waals surface area contributed by atoms with Crippen LogP contribution in [-0.2, 0) is 6.18 Å². The molecule has 0 aliphatic carbocycles. The molecule has 0 amide bonds. The quantitative estimate of drug-likeness (QED) is 0.631. The van der Waals surface area contributed by atoms with E-state index in [2.05, 4.69) is 4.74 Å². The molecule has 0 N–H and O–H groups in total. The van der Waals surface area contributed by atoms with Gasteiger partial charge in [-0.05, 0) is 0 Å². The van der Waals surface area contributed by atoms with Crippen molar-refractivity contribution in [1.82, 2.24) is 0 Å². The molecule has 0 radical (unpaired) electrons. The van der Waals surface area contributed by atoms with E-state index in [-0.39, 0.29) is 6.07 Å². The second kappa shape index (κ2) is 4.88. The lowest BCUT2D eigenvalue weighted by Crippen LogP contribution is -2.10. The van der Waals surface area contributed by atoms with Gasteiger partial charge in [0.2, 0.25) is 0 Å². The third kappa shape index (κ3) is 2.67. The fraction of sp³-hybridized carbons (Fsp3) is 0.250. The SMILES string of the molecule is COc1c([N+](=O)[O-])cc(C(F)(F)F)c(Cl)c1[N+](=O)[O-]. The highest BCUT2D eigenvalue weighted by atomic mass is 35.5. The van der Waals surface area contributed by atoms with Crippen LogP contribution in [0.3, 0.4) is 0 Å². The molecule has 0 heterocycles. The first-order chi connectivity index (χ1) is 8.61. The molecule has 1 aromatic carbocycles. The molecule has 0 aliphatic rings. The fourth-order valence-electron chi connectivity index (χ4n) is 1.32. The molecule has 104 valence electrons. The van der Waals surface area contributed by atoms with Crippen LogP contribution in [0.1, 0.15) is 5.56 Å². The van der Waals surface area contributed by atoms with Crippen molar-refractivity contribution in [2.24, 2.45) is 0 Å². The maximum Gasteiger partial charge on any atom is 0.418 e. The second-order valence-electron chi connectivity index (χ2n) is 3.15. The molecular weight excluding hydrogens is 297 g/mol. The van der Waals surface area contributed by atoms with Crippen LogP contribution in [-0.4, -0.2) is 17.0 Å². The van der Waals surface area contributed by atoms with Crippen molar-refractivity contribution in [3.8, 4) is 5.75 Å². The van der Waals surface area contributed by atoms with Crippen LogP contribution in [0.25, 0.3) is 0 Å². The molecule has 11 heteroatoms. The molecule has 19 heavy (non-hydrogen) atoms. The monoisotopic (exact) mass is 300 g/mol. The van der Waals surface area contributed by atoms with E-state index < -0.39 is 43.7 Å². The highest BCUT2D eigenvalue weighted by Gasteiger charge is 2.42. The Balaban J connectivity index is 3.83. The summed E-state index contributed by atoms with van der Waals surface area (Å²) in [5.74, 6) is -0.937. The Labute approximate surface area is 107 Å². The average molecular weight is 301 g/mol. The van der Waals surface area contributed by atoms with Crippen molar-refractivity contribution >= 4 is 23.0 Å². The van der Waals surface area contributed by atoms with Crippen molar-refractivity contribution in [2.75, 3.05) is 7.11 Å². The van der Waals surface area contributed by atoms with E-state index in [1.165, 1.54) is 0 Å².